The molecule has 2 unspecified atom stereocenters. The Hall–Kier alpha value is -1.75. The van der Waals surface area contributed by atoms with E-state index in [9.17, 15) is 13.2 Å². The monoisotopic (exact) mass is 951 g/mol. The fourth-order valence-corrected chi connectivity index (χ4v) is 10.2. The molecule has 5 rings (SSSR count). The van der Waals surface area contributed by atoms with Gasteiger partial charge in [0.2, 0.25) is 10.0 Å². The Balaban J connectivity index is 0.000000415. The van der Waals surface area contributed by atoms with Crippen LogP contribution in [0, 0.1) is 29.6 Å². The first-order chi connectivity index (χ1) is 31.2. The zero-order valence-corrected chi connectivity index (χ0v) is 46.1. The molecule has 14 heteroatoms. The summed E-state index contributed by atoms with van der Waals surface area (Å²) in [6.45, 7) is 47.1. The number of nitrogens with zero attached hydrogens (tertiary/aromatic N) is 5. The highest BCUT2D eigenvalue weighted by Crippen LogP contribution is 2.16. The zero-order chi connectivity index (χ0) is 49.7. The van der Waals surface area contributed by atoms with Gasteiger partial charge in [-0.3, -0.25) is 14.7 Å². The fourth-order valence-electron chi connectivity index (χ4n) is 8.94. The molecule has 388 valence electrons. The van der Waals surface area contributed by atoms with Crippen LogP contribution in [0.1, 0.15) is 146 Å². The van der Waals surface area contributed by atoms with Crippen LogP contribution in [0.3, 0.4) is 0 Å². The molecule has 2 atom stereocenters. The van der Waals surface area contributed by atoms with Gasteiger partial charge in [0.15, 0.2) is 0 Å². The first kappa shape index (κ1) is 62.3. The summed E-state index contributed by atoms with van der Waals surface area (Å²) < 4.78 is 24.7. The van der Waals surface area contributed by atoms with Crippen molar-refractivity contribution in [2.45, 2.75) is 166 Å². The second-order valence-corrected chi connectivity index (χ2v) is 23.4. The Bertz CT molecular complexity index is 1420. The van der Waals surface area contributed by atoms with Gasteiger partial charge in [-0.25, -0.2) is 8.42 Å². The number of rotatable bonds is 19. The Morgan fingerprint density at radius 3 is 1.48 bits per heavy atom. The third-order valence-corrected chi connectivity index (χ3v) is 13.6. The summed E-state index contributed by atoms with van der Waals surface area (Å²) in [5.41, 5.74) is 0.664. The lowest BCUT2D eigenvalue weighted by atomic mass is 10.0. The minimum Gasteiger partial charge on any atom is -0.336 e. The van der Waals surface area contributed by atoms with Crippen molar-refractivity contribution in [3.8, 4) is 0 Å². The Morgan fingerprint density at radius 1 is 0.636 bits per heavy atom. The molecule has 4 aliphatic heterocycles. The van der Waals surface area contributed by atoms with E-state index in [1.807, 2.05) is 38.7 Å². The lowest BCUT2D eigenvalue weighted by Crippen LogP contribution is -2.44. The van der Waals surface area contributed by atoms with Crippen molar-refractivity contribution in [1.29, 1.82) is 0 Å². The summed E-state index contributed by atoms with van der Waals surface area (Å²) in [5, 5.41) is 17.0. The van der Waals surface area contributed by atoms with Crippen molar-refractivity contribution < 1.29 is 13.2 Å². The van der Waals surface area contributed by atoms with Crippen LogP contribution in [0.15, 0.2) is 24.5 Å². The predicted octanol–water partition coefficient (Wildman–Crippen LogP) is 6.88. The van der Waals surface area contributed by atoms with Gasteiger partial charge in [0, 0.05) is 81.9 Å². The van der Waals surface area contributed by atoms with Crippen LogP contribution in [0.5, 0.6) is 0 Å². The van der Waals surface area contributed by atoms with Crippen LogP contribution in [0.25, 0.3) is 0 Å². The van der Waals surface area contributed by atoms with Gasteiger partial charge in [-0.2, -0.15) is 4.31 Å². The van der Waals surface area contributed by atoms with E-state index in [1.54, 1.807) is 22.8 Å². The summed E-state index contributed by atoms with van der Waals surface area (Å²) >= 11 is 0. The van der Waals surface area contributed by atoms with E-state index in [-0.39, 0.29) is 18.0 Å². The van der Waals surface area contributed by atoms with E-state index < -0.39 is 10.0 Å². The third kappa shape index (κ3) is 28.0. The molecular formula is C52H106N10O3S. The van der Waals surface area contributed by atoms with Gasteiger partial charge in [0.05, 0.1) is 11.8 Å². The van der Waals surface area contributed by atoms with Crippen molar-refractivity contribution in [3.63, 3.8) is 0 Å². The molecule has 1 amide bonds. The summed E-state index contributed by atoms with van der Waals surface area (Å²) in [6, 6.07) is 6.40. The van der Waals surface area contributed by atoms with E-state index in [4.69, 9.17) is 0 Å². The number of carbonyl (C=O) groups excluding carboxylic acids is 1. The van der Waals surface area contributed by atoms with Crippen molar-refractivity contribution >= 4 is 15.9 Å². The number of sulfonamides is 1. The van der Waals surface area contributed by atoms with Crippen LogP contribution >= 0.6 is 0 Å². The van der Waals surface area contributed by atoms with E-state index in [2.05, 4.69) is 111 Å². The number of nitrogens with one attached hydrogen (secondary N) is 5. The first-order valence-electron chi connectivity index (χ1n) is 26.4. The van der Waals surface area contributed by atoms with Crippen LogP contribution in [-0.4, -0.2) is 173 Å². The lowest BCUT2D eigenvalue weighted by molar-refractivity contribution is 0.0681. The highest BCUT2D eigenvalue weighted by molar-refractivity contribution is 7.88. The van der Waals surface area contributed by atoms with Gasteiger partial charge in [-0.15, -0.1) is 0 Å². The van der Waals surface area contributed by atoms with E-state index in [1.165, 1.54) is 110 Å². The van der Waals surface area contributed by atoms with Crippen LogP contribution < -0.4 is 26.6 Å². The number of aromatic nitrogens is 1. The topological polar surface area (TPSA) is 137 Å². The van der Waals surface area contributed by atoms with Crippen LogP contribution in [-0.2, 0) is 10.0 Å². The first-order valence-corrected chi connectivity index (χ1v) is 28.3. The second kappa shape index (κ2) is 35.4. The highest BCUT2D eigenvalue weighted by atomic mass is 32.2. The maximum atomic E-state index is 12.2. The number of hydrogen-bond acceptors (Lipinski definition) is 11. The molecule has 1 aromatic heterocycles. The molecule has 5 N–H and O–H groups in total. The molecule has 0 aliphatic carbocycles. The quantitative estimate of drug-likeness (QED) is 0.0994. The van der Waals surface area contributed by atoms with Gasteiger partial charge in [0.1, 0.15) is 0 Å². The van der Waals surface area contributed by atoms with Crippen molar-refractivity contribution in [3.05, 3.63) is 30.1 Å². The van der Waals surface area contributed by atoms with E-state index in [0.29, 0.717) is 23.9 Å². The molecule has 5 heterocycles. The lowest BCUT2D eigenvalue weighted by Gasteiger charge is -2.34. The molecule has 0 spiro atoms. The number of hydrogen-bond donors (Lipinski definition) is 5. The summed E-state index contributed by atoms with van der Waals surface area (Å²) in [4.78, 5) is 23.3. The minimum absolute atomic E-state index is 0.0665. The molecule has 1 aromatic rings. The van der Waals surface area contributed by atoms with Gasteiger partial charge >= 0.3 is 0 Å². The molecule has 4 saturated heterocycles. The predicted molar refractivity (Wildman–Crippen MR) is 283 cm³/mol. The molecule has 4 aliphatic rings. The number of pyridine rings is 1. The number of amides is 1. The SMILES string of the molecule is CC(C)CN(C(=O)c1cccnc1)C(C)C.CC(C)CN(C1CCNC1)S(C)(=O)=O.CC(C)CNC1CCNCC1.CCN(CC(C)C)C1CCNC1.CCN(CC(C)C)C1CCNCC1. The Kier molecular flexibility index (Phi) is 33.4. The highest BCUT2D eigenvalue weighted by Gasteiger charge is 2.29. The molecule has 13 nitrogen and oxygen atoms in total. The maximum absolute atomic E-state index is 12.2. The minimum atomic E-state index is -3.05. The van der Waals surface area contributed by atoms with Crippen molar-refractivity contribution in [2.24, 2.45) is 29.6 Å². The van der Waals surface area contributed by atoms with Crippen LogP contribution in [0.4, 0.5) is 0 Å². The fraction of sp³-hybridized carbons (Fsp3) is 0.885. The third-order valence-electron chi connectivity index (χ3n) is 12.3. The number of likely N-dealkylation sites (N-methyl/N-ethyl adjacent to an activating group) is 1. The average Bonchev–Trinajstić information content (AvgIpc) is 4.02. The molecule has 0 aromatic carbocycles. The summed E-state index contributed by atoms with van der Waals surface area (Å²) in [5.74, 6) is 3.30. The molecule has 4 fully saturated rings. The molecular weight excluding hydrogens is 845 g/mol. The Morgan fingerprint density at radius 2 is 1.09 bits per heavy atom. The number of carbonyl (C=O) groups is 1. The largest absolute Gasteiger partial charge is 0.336 e. The number of piperidine rings is 2. The second-order valence-electron chi connectivity index (χ2n) is 21.5. The summed E-state index contributed by atoms with van der Waals surface area (Å²) in [6.07, 6.45) is 12.1. The molecule has 0 saturated carbocycles. The van der Waals surface area contributed by atoms with E-state index in [0.717, 1.165) is 61.9 Å². The van der Waals surface area contributed by atoms with Gasteiger partial charge in [0.25, 0.3) is 5.91 Å². The van der Waals surface area contributed by atoms with Gasteiger partial charge in [-0.05, 0) is 153 Å². The van der Waals surface area contributed by atoms with Gasteiger partial charge < -0.3 is 36.4 Å². The Labute approximate surface area is 408 Å². The van der Waals surface area contributed by atoms with Crippen LogP contribution in [0.2, 0.25) is 0 Å². The summed E-state index contributed by atoms with van der Waals surface area (Å²) in [7, 11) is -3.05. The van der Waals surface area contributed by atoms with E-state index >= 15 is 0 Å². The van der Waals surface area contributed by atoms with Gasteiger partial charge in [-0.1, -0.05) is 83.1 Å². The van der Waals surface area contributed by atoms with Crippen molar-refractivity contribution in [2.75, 3.05) is 104 Å². The molecule has 0 radical (unpaired) electrons. The molecule has 66 heavy (non-hydrogen) atoms. The average molecular weight is 952 g/mol. The maximum Gasteiger partial charge on any atom is 0.255 e. The normalized spacial score (nSPS) is 19.5. The standard InChI is InChI=1S/C13H20N2O.C11H24N2.C10H22N2.C9H20N2O2S.C9H20N2/c1-10(2)9-15(11(3)4)13(16)12-6-5-7-14-8-12;1-4-13(9-10(2)3)11-5-7-12-8-6-11;1-4-12(8-9(2)3)10-5-6-11-7-10;1-8(2)7-11(14(3,12)13)9-4-5-10-6-9;1-8(2)7-11-9-3-5-10-6-4-9/h5-8,10-11H,9H2,1-4H3;10-12H,4-9H2,1-3H3;9-11H,4-8H2,1-3H3;8-10H,4-7H2,1-3H3;8-11H,3-7H2,1-2H3. The molecule has 0 bridgehead atoms. The zero-order valence-electron chi connectivity index (χ0n) is 45.3. The smallest absolute Gasteiger partial charge is 0.255 e. The van der Waals surface area contributed by atoms with Crippen molar-refractivity contribution in [1.82, 2.24) is 50.6 Å².